The van der Waals surface area contributed by atoms with Crippen molar-refractivity contribution in [3.63, 3.8) is 0 Å². The standard InChI is InChI=1S/C38H57N7O11S2/c1-24(2)41-57(51,52)45(58(53,54)42-25(3)4)34(48)38-20-28(38)17-11-9-8-10-12-18-30(39-35(49)56-37(5,6)7)33(47)44-23-29(19-31(44)32(46)40-38)55-36(50)43-21-26-15-13-14-16-27(26)22-43/h11,13-17,24-25,28-31,41-42H,8-10,12,18-23H2,1-7H3,(H,39,49)(H,40,46)/b17-11-/t28-,29-,30+,31+,38-/m1/s1. The van der Waals surface area contributed by atoms with E-state index < -0.39 is 97.7 Å². The summed E-state index contributed by atoms with van der Waals surface area (Å²) in [6.45, 7) is 11.2. The van der Waals surface area contributed by atoms with Crippen molar-refractivity contribution in [2.24, 2.45) is 5.92 Å². The first-order valence-electron chi connectivity index (χ1n) is 19.7. The summed E-state index contributed by atoms with van der Waals surface area (Å²) in [6, 6.07) is 3.40. The Labute approximate surface area is 341 Å². The number of allylic oxidation sites excluding steroid dienone is 1. The third-order valence-corrected chi connectivity index (χ3v) is 14.0. The number of amides is 5. The molecule has 4 aliphatic rings. The number of nitrogens with zero attached hydrogens (tertiary/aromatic N) is 3. The molecule has 1 saturated carbocycles. The van der Waals surface area contributed by atoms with Crippen LogP contribution in [-0.2, 0) is 57.4 Å². The summed E-state index contributed by atoms with van der Waals surface area (Å²) >= 11 is 0. The second kappa shape index (κ2) is 17.5. The average Bonchev–Trinajstić information content (AvgIpc) is 3.38. The van der Waals surface area contributed by atoms with Gasteiger partial charge in [0, 0.05) is 37.5 Å². The normalized spacial score (nSPS) is 26.1. The molecule has 1 aliphatic carbocycles. The fourth-order valence-electron chi connectivity index (χ4n) is 7.48. The van der Waals surface area contributed by atoms with Crippen LogP contribution in [0.15, 0.2) is 36.4 Å². The molecule has 5 atom stereocenters. The van der Waals surface area contributed by atoms with Gasteiger partial charge in [0.2, 0.25) is 11.8 Å². The maximum Gasteiger partial charge on any atom is 0.410 e. The highest BCUT2D eigenvalue weighted by Gasteiger charge is 2.65. The van der Waals surface area contributed by atoms with Crippen LogP contribution in [0.2, 0.25) is 0 Å². The molecule has 1 aromatic rings. The zero-order chi connectivity index (χ0) is 42.8. The van der Waals surface area contributed by atoms with Crippen LogP contribution in [0.25, 0.3) is 0 Å². The Morgan fingerprint density at radius 3 is 2.10 bits per heavy atom. The Hall–Kier alpha value is -4.27. The van der Waals surface area contributed by atoms with Gasteiger partial charge in [0.15, 0.2) is 0 Å². The van der Waals surface area contributed by atoms with Gasteiger partial charge in [0.1, 0.15) is 29.3 Å². The monoisotopic (exact) mass is 851 g/mol. The van der Waals surface area contributed by atoms with Crippen molar-refractivity contribution in [1.82, 2.24) is 33.6 Å². The Kier molecular flexibility index (Phi) is 13.5. The number of alkyl carbamates (subject to hydrolysis) is 1. The first kappa shape index (κ1) is 44.8. The van der Waals surface area contributed by atoms with E-state index >= 15 is 0 Å². The molecule has 4 N–H and O–H groups in total. The van der Waals surface area contributed by atoms with Crippen LogP contribution < -0.4 is 20.1 Å². The topological polar surface area (TPSA) is 230 Å². The average molecular weight is 852 g/mol. The number of nitrogens with one attached hydrogen (secondary N) is 4. The van der Waals surface area contributed by atoms with Gasteiger partial charge in [0.05, 0.1) is 6.54 Å². The first-order chi connectivity index (χ1) is 27.0. The minimum atomic E-state index is -5.05. The van der Waals surface area contributed by atoms with Crippen LogP contribution in [0, 0.1) is 5.92 Å². The van der Waals surface area contributed by atoms with Crippen LogP contribution in [0.1, 0.15) is 105 Å². The lowest BCUT2D eigenvalue weighted by atomic mass is 10.0. The Morgan fingerprint density at radius 2 is 1.53 bits per heavy atom. The molecule has 0 spiro atoms. The summed E-state index contributed by atoms with van der Waals surface area (Å²) in [6.07, 6.45) is 3.12. The Balaban J connectivity index is 1.50. The molecule has 18 nitrogen and oxygen atoms in total. The highest BCUT2D eigenvalue weighted by molar-refractivity contribution is 8.03. The van der Waals surface area contributed by atoms with Crippen molar-refractivity contribution in [2.75, 3.05) is 6.54 Å². The summed E-state index contributed by atoms with van der Waals surface area (Å²) in [7, 11) is -10.1. The zero-order valence-corrected chi connectivity index (χ0v) is 35.8. The number of fused-ring (bicyclic) bond motifs is 3. The lowest BCUT2D eigenvalue weighted by molar-refractivity contribution is -0.141. The minimum Gasteiger partial charge on any atom is -0.444 e. The van der Waals surface area contributed by atoms with Crippen LogP contribution in [0.3, 0.4) is 0 Å². The summed E-state index contributed by atoms with van der Waals surface area (Å²) in [4.78, 5) is 72.8. The van der Waals surface area contributed by atoms with E-state index in [0.29, 0.717) is 38.8 Å². The maximum atomic E-state index is 14.6. The fourth-order valence-corrected chi connectivity index (χ4v) is 10.9. The van der Waals surface area contributed by atoms with E-state index in [1.54, 1.807) is 32.9 Å². The van der Waals surface area contributed by atoms with Gasteiger partial charge in [-0.1, -0.05) is 49.3 Å². The lowest BCUT2D eigenvalue weighted by Crippen LogP contribution is -2.62. The van der Waals surface area contributed by atoms with Gasteiger partial charge in [-0.15, -0.1) is 3.71 Å². The maximum absolute atomic E-state index is 14.6. The molecule has 0 unspecified atom stereocenters. The molecule has 58 heavy (non-hydrogen) atoms. The summed E-state index contributed by atoms with van der Waals surface area (Å²) in [5.74, 6) is -3.79. The molecule has 1 aromatic carbocycles. The number of carbonyl (C=O) groups excluding carboxylic acids is 5. The smallest absolute Gasteiger partial charge is 0.410 e. The second-order valence-electron chi connectivity index (χ2n) is 17.0. The molecular formula is C38H57N7O11S2. The number of hydrogen-bond acceptors (Lipinski definition) is 11. The quantitative estimate of drug-likeness (QED) is 0.264. The van der Waals surface area contributed by atoms with E-state index in [2.05, 4.69) is 20.1 Å². The Bertz CT molecular complexity index is 1940. The number of rotatable bonds is 9. The molecule has 322 valence electrons. The van der Waals surface area contributed by atoms with Crippen LogP contribution in [0.4, 0.5) is 9.59 Å². The van der Waals surface area contributed by atoms with E-state index in [-0.39, 0.29) is 29.5 Å². The van der Waals surface area contributed by atoms with Gasteiger partial charge in [-0.25, -0.2) is 9.59 Å². The van der Waals surface area contributed by atoms with Gasteiger partial charge < -0.3 is 25.0 Å². The summed E-state index contributed by atoms with van der Waals surface area (Å²) in [5, 5.41) is 5.32. The number of carbonyl (C=O) groups is 5. The molecule has 2 fully saturated rings. The Morgan fingerprint density at radius 1 is 0.931 bits per heavy atom. The second-order valence-corrected chi connectivity index (χ2v) is 20.3. The molecule has 5 rings (SSSR count). The van der Waals surface area contributed by atoms with Crippen LogP contribution >= 0.6 is 0 Å². The van der Waals surface area contributed by atoms with E-state index in [9.17, 15) is 40.8 Å². The van der Waals surface area contributed by atoms with E-state index in [1.165, 1.54) is 37.5 Å². The molecular weight excluding hydrogens is 795 g/mol. The SMILES string of the molecule is CC(C)NS(=O)(=O)N(C(=O)[C@@]12C[C@H]1/C=C\CCCCC[C@H](NC(=O)OC(C)(C)C)C(=O)N1C[C@H](OC(=O)N3Cc4ccccc4C3)C[C@H]1C(=O)N2)S(=O)(=O)NC(C)C. The molecule has 0 radical (unpaired) electrons. The first-order valence-corrected chi connectivity index (χ1v) is 22.6. The largest absolute Gasteiger partial charge is 0.444 e. The number of benzene rings is 1. The molecule has 0 aromatic heterocycles. The van der Waals surface area contributed by atoms with Crippen molar-refractivity contribution in [2.45, 2.75) is 148 Å². The predicted octanol–water partition coefficient (Wildman–Crippen LogP) is 2.71. The molecule has 20 heteroatoms. The fraction of sp³-hybridized carbons (Fsp3) is 0.658. The van der Waals surface area contributed by atoms with E-state index in [1.807, 2.05) is 24.3 Å². The predicted molar refractivity (Wildman–Crippen MR) is 212 cm³/mol. The minimum absolute atomic E-state index is 0.142. The van der Waals surface area contributed by atoms with Crippen molar-refractivity contribution < 1.29 is 50.3 Å². The summed E-state index contributed by atoms with van der Waals surface area (Å²) in [5.41, 5.74) is -1.02. The van der Waals surface area contributed by atoms with E-state index in [0.717, 1.165) is 11.1 Å². The molecule has 3 heterocycles. The third kappa shape index (κ3) is 10.7. The molecule has 0 bridgehead atoms. The molecule has 3 aliphatic heterocycles. The van der Waals surface area contributed by atoms with Crippen LogP contribution in [0.5, 0.6) is 0 Å². The third-order valence-electron chi connectivity index (χ3n) is 10.1. The zero-order valence-electron chi connectivity index (χ0n) is 34.1. The van der Waals surface area contributed by atoms with Gasteiger partial charge >= 0.3 is 32.6 Å². The lowest BCUT2D eigenvalue weighted by Gasteiger charge is -2.32. The van der Waals surface area contributed by atoms with Crippen molar-refractivity contribution in [1.29, 1.82) is 0 Å². The van der Waals surface area contributed by atoms with Gasteiger partial charge in [-0.3, -0.25) is 19.3 Å². The number of ether oxygens (including phenoxy) is 2. The van der Waals surface area contributed by atoms with Gasteiger partial charge in [-0.05, 0) is 85.3 Å². The molecule has 1 saturated heterocycles. The van der Waals surface area contributed by atoms with Crippen molar-refractivity contribution in [3.8, 4) is 0 Å². The van der Waals surface area contributed by atoms with E-state index in [4.69, 9.17) is 9.47 Å². The summed E-state index contributed by atoms with van der Waals surface area (Å²) < 4.78 is 70.1. The van der Waals surface area contributed by atoms with Crippen LogP contribution in [-0.4, -0.2) is 108 Å². The van der Waals surface area contributed by atoms with Gasteiger partial charge in [0.25, 0.3) is 5.91 Å². The highest BCUT2D eigenvalue weighted by atomic mass is 32.3. The highest BCUT2D eigenvalue weighted by Crippen LogP contribution is 2.47. The van der Waals surface area contributed by atoms with Crippen molar-refractivity contribution in [3.05, 3.63) is 47.5 Å². The molecule has 5 amide bonds. The van der Waals surface area contributed by atoms with Crippen molar-refractivity contribution >= 4 is 50.3 Å². The van der Waals surface area contributed by atoms with Gasteiger partial charge in [-0.2, -0.15) is 26.3 Å². The number of hydrogen-bond donors (Lipinski definition) is 4.